The van der Waals surface area contributed by atoms with Crippen molar-refractivity contribution in [3.05, 3.63) is 0 Å². The van der Waals surface area contributed by atoms with Crippen LogP contribution in [0.15, 0.2) is 0 Å². The third-order valence-corrected chi connectivity index (χ3v) is 5.27. The van der Waals surface area contributed by atoms with Crippen LogP contribution in [-0.2, 0) is 9.47 Å². The third kappa shape index (κ3) is 11.4. The second-order valence-corrected chi connectivity index (χ2v) is 8.01. The molecule has 1 aliphatic heterocycles. The van der Waals surface area contributed by atoms with E-state index in [1.165, 1.54) is 51.6 Å². The molecule has 0 aromatic heterocycles. The number of hydrogen-bond acceptors (Lipinski definition) is 4. The van der Waals surface area contributed by atoms with E-state index >= 15 is 0 Å². The normalized spacial score (nSPS) is 18.0. The van der Waals surface area contributed by atoms with Gasteiger partial charge in [0.05, 0.1) is 18.8 Å². The number of morpholine rings is 1. The van der Waals surface area contributed by atoms with Gasteiger partial charge in [-0.25, -0.2) is 0 Å². The van der Waals surface area contributed by atoms with Crippen LogP contribution in [0, 0.1) is 5.92 Å². The van der Waals surface area contributed by atoms with E-state index in [9.17, 15) is 0 Å². The van der Waals surface area contributed by atoms with Gasteiger partial charge in [0.25, 0.3) is 0 Å². The van der Waals surface area contributed by atoms with Crippen LogP contribution in [0.2, 0.25) is 0 Å². The van der Waals surface area contributed by atoms with E-state index < -0.39 is 0 Å². The molecule has 4 heteroatoms. The van der Waals surface area contributed by atoms with Crippen molar-refractivity contribution in [2.75, 3.05) is 53.0 Å². The molecule has 0 aromatic rings. The fraction of sp³-hybridized carbons (Fsp3) is 1.00. The van der Waals surface area contributed by atoms with E-state index in [0.717, 1.165) is 45.2 Å². The van der Waals surface area contributed by atoms with Gasteiger partial charge in [0.1, 0.15) is 0 Å². The standard InChI is InChI=1S/C20H42N2O2/c1-19(9-8-11-20(2,3)23-4)10-13-21-12-6-5-7-14-22-15-17-24-18-16-22/h19,21H,5-18H2,1-4H3/t19-/m0/s1. The van der Waals surface area contributed by atoms with Crippen molar-refractivity contribution in [3.8, 4) is 0 Å². The second-order valence-electron chi connectivity index (χ2n) is 8.01. The molecular formula is C20H42N2O2. The van der Waals surface area contributed by atoms with Crippen molar-refractivity contribution >= 4 is 0 Å². The van der Waals surface area contributed by atoms with Gasteiger partial charge in [0, 0.05) is 20.2 Å². The lowest BCUT2D eigenvalue weighted by atomic mass is 9.95. The average molecular weight is 343 g/mol. The number of ether oxygens (including phenoxy) is 2. The number of hydrogen-bond donors (Lipinski definition) is 1. The quantitative estimate of drug-likeness (QED) is 0.488. The van der Waals surface area contributed by atoms with Crippen molar-refractivity contribution in [3.63, 3.8) is 0 Å². The summed E-state index contributed by atoms with van der Waals surface area (Å²) in [6, 6.07) is 0. The first-order valence-electron chi connectivity index (χ1n) is 10.1. The van der Waals surface area contributed by atoms with E-state index in [2.05, 4.69) is 31.0 Å². The maximum atomic E-state index is 5.48. The molecule has 1 atom stereocenters. The van der Waals surface area contributed by atoms with Crippen LogP contribution in [0.1, 0.15) is 65.7 Å². The van der Waals surface area contributed by atoms with E-state index in [-0.39, 0.29) is 5.60 Å². The first kappa shape index (κ1) is 21.9. The van der Waals surface area contributed by atoms with Gasteiger partial charge in [0.15, 0.2) is 0 Å². The third-order valence-electron chi connectivity index (χ3n) is 5.27. The Morgan fingerprint density at radius 3 is 2.50 bits per heavy atom. The lowest BCUT2D eigenvalue weighted by molar-refractivity contribution is 0.0127. The first-order valence-corrected chi connectivity index (χ1v) is 10.1. The Labute approximate surface area is 150 Å². The molecule has 1 rings (SSSR count). The molecule has 144 valence electrons. The predicted octanol–water partition coefficient (Wildman–Crippen LogP) is 3.70. The van der Waals surface area contributed by atoms with Crippen molar-refractivity contribution in [1.29, 1.82) is 0 Å². The van der Waals surface area contributed by atoms with E-state index in [0.29, 0.717) is 0 Å². The van der Waals surface area contributed by atoms with E-state index in [4.69, 9.17) is 9.47 Å². The summed E-state index contributed by atoms with van der Waals surface area (Å²) < 4.78 is 10.9. The lowest BCUT2D eigenvalue weighted by Crippen LogP contribution is -2.36. The SMILES string of the molecule is COC(C)(C)CCC[C@H](C)CCNCCCCCN1CCOCC1. The van der Waals surface area contributed by atoms with Crippen LogP contribution in [0.3, 0.4) is 0 Å². The number of nitrogens with zero attached hydrogens (tertiary/aromatic N) is 1. The number of unbranched alkanes of at least 4 members (excludes halogenated alkanes) is 2. The van der Waals surface area contributed by atoms with Gasteiger partial charge < -0.3 is 14.8 Å². The fourth-order valence-corrected chi connectivity index (χ4v) is 3.18. The summed E-state index contributed by atoms with van der Waals surface area (Å²) in [5.74, 6) is 0.812. The maximum absolute atomic E-state index is 5.48. The van der Waals surface area contributed by atoms with Crippen LogP contribution >= 0.6 is 0 Å². The summed E-state index contributed by atoms with van der Waals surface area (Å²) in [7, 11) is 1.81. The molecule has 1 N–H and O–H groups in total. The zero-order valence-electron chi connectivity index (χ0n) is 16.7. The number of nitrogens with one attached hydrogen (secondary N) is 1. The Morgan fingerprint density at radius 2 is 1.79 bits per heavy atom. The summed E-state index contributed by atoms with van der Waals surface area (Å²) in [6.45, 7) is 14.4. The minimum Gasteiger partial charge on any atom is -0.379 e. The highest BCUT2D eigenvalue weighted by Gasteiger charge is 2.16. The van der Waals surface area contributed by atoms with Gasteiger partial charge in [-0.05, 0) is 65.1 Å². The zero-order valence-corrected chi connectivity index (χ0v) is 16.7. The van der Waals surface area contributed by atoms with Gasteiger partial charge in [0.2, 0.25) is 0 Å². The van der Waals surface area contributed by atoms with Crippen molar-refractivity contribution < 1.29 is 9.47 Å². The highest BCUT2D eigenvalue weighted by atomic mass is 16.5. The molecule has 24 heavy (non-hydrogen) atoms. The summed E-state index contributed by atoms with van der Waals surface area (Å²) in [5, 5.41) is 3.61. The van der Waals surface area contributed by atoms with Gasteiger partial charge in [-0.2, -0.15) is 0 Å². The molecule has 4 nitrogen and oxygen atoms in total. The Bertz CT molecular complexity index is 291. The van der Waals surface area contributed by atoms with Crippen molar-refractivity contribution in [2.24, 2.45) is 5.92 Å². The zero-order chi connectivity index (χ0) is 17.7. The molecule has 1 heterocycles. The molecule has 0 unspecified atom stereocenters. The summed E-state index contributed by atoms with van der Waals surface area (Å²) in [4.78, 5) is 2.53. The fourth-order valence-electron chi connectivity index (χ4n) is 3.18. The van der Waals surface area contributed by atoms with Gasteiger partial charge >= 0.3 is 0 Å². The smallest absolute Gasteiger partial charge is 0.0622 e. The van der Waals surface area contributed by atoms with E-state index in [1.54, 1.807) is 0 Å². The second kappa shape index (κ2) is 13.1. The Balaban J connectivity index is 1.83. The monoisotopic (exact) mass is 342 g/mol. The molecular weight excluding hydrogens is 300 g/mol. The molecule has 0 aliphatic carbocycles. The molecule has 0 aromatic carbocycles. The average Bonchev–Trinajstić information content (AvgIpc) is 2.58. The molecule has 0 bridgehead atoms. The highest BCUT2D eigenvalue weighted by molar-refractivity contribution is 4.68. The van der Waals surface area contributed by atoms with E-state index in [1.807, 2.05) is 7.11 Å². The first-order chi connectivity index (χ1) is 11.5. The van der Waals surface area contributed by atoms with Crippen molar-refractivity contribution in [2.45, 2.75) is 71.3 Å². The van der Waals surface area contributed by atoms with Crippen LogP contribution in [0.4, 0.5) is 0 Å². The highest BCUT2D eigenvalue weighted by Crippen LogP contribution is 2.20. The minimum absolute atomic E-state index is 0.0409. The maximum Gasteiger partial charge on any atom is 0.0622 e. The molecule has 1 aliphatic rings. The van der Waals surface area contributed by atoms with Crippen LogP contribution in [-0.4, -0.2) is 63.5 Å². The minimum atomic E-state index is 0.0409. The topological polar surface area (TPSA) is 33.7 Å². The summed E-state index contributed by atoms with van der Waals surface area (Å²) in [5.41, 5.74) is 0.0409. The summed E-state index contributed by atoms with van der Waals surface area (Å²) in [6.07, 6.45) is 9.00. The van der Waals surface area contributed by atoms with Crippen LogP contribution in [0.25, 0.3) is 0 Å². The van der Waals surface area contributed by atoms with Crippen LogP contribution in [0.5, 0.6) is 0 Å². The van der Waals surface area contributed by atoms with Gasteiger partial charge in [-0.15, -0.1) is 0 Å². The Kier molecular flexibility index (Phi) is 11.9. The Morgan fingerprint density at radius 1 is 1.04 bits per heavy atom. The lowest BCUT2D eigenvalue weighted by Gasteiger charge is -2.26. The molecule has 1 saturated heterocycles. The molecule has 0 radical (unpaired) electrons. The largest absolute Gasteiger partial charge is 0.379 e. The number of rotatable bonds is 14. The Hall–Kier alpha value is -0.160. The van der Waals surface area contributed by atoms with Crippen molar-refractivity contribution in [1.82, 2.24) is 10.2 Å². The van der Waals surface area contributed by atoms with Gasteiger partial charge in [-0.1, -0.05) is 26.2 Å². The summed E-state index contributed by atoms with van der Waals surface area (Å²) >= 11 is 0. The number of methoxy groups -OCH3 is 1. The van der Waals surface area contributed by atoms with Crippen LogP contribution < -0.4 is 5.32 Å². The van der Waals surface area contributed by atoms with Gasteiger partial charge in [-0.3, -0.25) is 4.90 Å². The predicted molar refractivity (Wildman–Crippen MR) is 103 cm³/mol. The molecule has 0 saturated carbocycles. The molecule has 1 fully saturated rings. The molecule has 0 spiro atoms. The molecule has 0 amide bonds.